The molecule has 0 radical (unpaired) electrons. The van der Waals surface area contributed by atoms with Crippen LogP contribution in [-0.4, -0.2) is 37.6 Å². The van der Waals surface area contributed by atoms with E-state index >= 15 is 0 Å². The number of aromatic nitrogens is 2. The summed E-state index contributed by atoms with van der Waals surface area (Å²) in [6, 6.07) is 1.25. The number of hydrogen-bond acceptors (Lipinski definition) is 7. The summed E-state index contributed by atoms with van der Waals surface area (Å²) in [5, 5.41) is 0. The molecule has 2 atom stereocenters. The molecule has 9 nitrogen and oxygen atoms in total. The lowest BCUT2D eigenvalue weighted by atomic mass is 10.2. The first-order valence-electron chi connectivity index (χ1n) is 6.94. The first-order valence-corrected chi connectivity index (χ1v) is 8.89. The molecule has 2 unspecified atom stereocenters. The molecule has 1 saturated heterocycles. The number of ether oxygens (including phenoxy) is 1. The van der Waals surface area contributed by atoms with Crippen molar-refractivity contribution in [3.8, 4) is 0 Å². The molecule has 1 aliphatic rings. The zero-order chi connectivity index (χ0) is 16.8. The van der Waals surface area contributed by atoms with Crippen LogP contribution in [-0.2, 0) is 9.57 Å². The molecule has 0 aromatic carbocycles. The average Bonchev–Trinajstić information content (AvgIpc) is 2.88. The first kappa shape index (κ1) is 18.9. The average molecular weight is 337 g/mol. The molecule has 1 aliphatic heterocycles. The van der Waals surface area contributed by atoms with Crippen LogP contribution in [0.2, 0.25) is 0 Å². The molecule has 4 N–H and O–H groups in total. The Bertz CT molecular complexity index is 567. The van der Waals surface area contributed by atoms with Crippen molar-refractivity contribution in [1.29, 1.82) is 0 Å². The Hall–Kier alpha value is -1.17. The van der Waals surface area contributed by atoms with Gasteiger partial charge in [0.05, 0.1) is 12.7 Å². The summed E-state index contributed by atoms with van der Waals surface area (Å²) in [6.07, 6.45) is 3.10. The summed E-state index contributed by atoms with van der Waals surface area (Å²) in [7, 11) is -2.92. The lowest BCUT2D eigenvalue weighted by molar-refractivity contribution is -0.0539. The van der Waals surface area contributed by atoms with E-state index in [4.69, 9.17) is 18.7 Å². The number of nitrogens with zero attached hydrogens (tertiary/aromatic N) is 1. The van der Waals surface area contributed by atoms with Crippen molar-refractivity contribution in [3.05, 3.63) is 33.1 Å². The number of rotatable bonds is 5. The second-order valence-electron chi connectivity index (χ2n) is 4.54. The van der Waals surface area contributed by atoms with Crippen molar-refractivity contribution in [2.75, 3.05) is 12.9 Å². The Labute approximate surface area is 129 Å². The third-order valence-electron chi connectivity index (χ3n) is 2.73. The zero-order valence-electron chi connectivity index (χ0n) is 12.8. The standard InChI is InChI=1S/C10H17N3O6S.C2H6/c1-20(16,17)12-18-6-7-2-3-9(19-7)13-5-4-8(14)11-10(13)15;1-2/h4-5,7,9,12,16-17H,2-3,6H2,1H3,(H,11,14,15);1-2H3. The van der Waals surface area contributed by atoms with Gasteiger partial charge in [0, 0.05) is 18.5 Å². The topological polar surface area (TPSA) is 126 Å². The van der Waals surface area contributed by atoms with Crippen LogP contribution in [0.4, 0.5) is 0 Å². The van der Waals surface area contributed by atoms with Crippen LogP contribution in [0.15, 0.2) is 21.9 Å². The highest BCUT2D eigenvalue weighted by Gasteiger charge is 2.27. The van der Waals surface area contributed by atoms with Crippen LogP contribution in [0.5, 0.6) is 0 Å². The Kier molecular flexibility index (Phi) is 7.26. The monoisotopic (exact) mass is 337 g/mol. The van der Waals surface area contributed by atoms with Gasteiger partial charge in [-0.05, 0) is 12.8 Å². The van der Waals surface area contributed by atoms with Gasteiger partial charge in [-0.25, -0.2) is 4.79 Å². The molecule has 2 heterocycles. The number of hydrogen-bond donors (Lipinski definition) is 4. The van der Waals surface area contributed by atoms with E-state index in [-0.39, 0.29) is 12.7 Å². The molecule has 0 saturated carbocycles. The number of nitrogens with one attached hydrogen (secondary N) is 2. The van der Waals surface area contributed by atoms with E-state index < -0.39 is 28.3 Å². The molecule has 10 heteroatoms. The third-order valence-corrected chi connectivity index (χ3v) is 3.17. The molecule has 0 bridgehead atoms. The minimum Gasteiger partial charge on any atom is -0.352 e. The predicted molar refractivity (Wildman–Crippen MR) is 83.7 cm³/mol. The Balaban J connectivity index is 0.00000116. The Morgan fingerprint density at radius 2 is 2.14 bits per heavy atom. The van der Waals surface area contributed by atoms with E-state index in [0.717, 1.165) is 0 Å². The van der Waals surface area contributed by atoms with Gasteiger partial charge in [0.15, 0.2) is 0 Å². The summed E-state index contributed by atoms with van der Waals surface area (Å²) in [5.74, 6) is 0. The van der Waals surface area contributed by atoms with Gasteiger partial charge < -0.3 is 4.74 Å². The van der Waals surface area contributed by atoms with Crippen molar-refractivity contribution in [1.82, 2.24) is 14.4 Å². The minimum absolute atomic E-state index is 0.123. The smallest absolute Gasteiger partial charge is 0.330 e. The molecular weight excluding hydrogens is 314 g/mol. The van der Waals surface area contributed by atoms with Gasteiger partial charge in [0.25, 0.3) is 5.56 Å². The maximum atomic E-state index is 11.6. The highest BCUT2D eigenvalue weighted by atomic mass is 32.3. The maximum Gasteiger partial charge on any atom is 0.330 e. The Morgan fingerprint density at radius 1 is 1.45 bits per heavy atom. The van der Waals surface area contributed by atoms with Crippen LogP contribution < -0.4 is 16.1 Å². The second kappa shape index (κ2) is 8.46. The summed E-state index contributed by atoms with van der Waals surface area (Å²) in [5.41, 5.74) is -0.980. The summed E-state index contributed by atoms with van der Waals surface area (Å²) in [4.78, 5) is 31.8. The highest BCUT2D eigenvalue weighted by Crippen LogP contribution is 2.29. The highest BCUT2D eigenvalue weighted by molar-refractivity contribution is 8.21. The molecule has 22 heavy (non-hydrogen) atoms. The van der Waals surface area contributed by atoms with Gasteiger partial charge in [-0.1, -0.05) is 18.7 Å². The van der Waals surface area contributed by atoms with Gasteiger partial charge in [-0.3, -0.25) is 28.3 Å². The molecule has 1 aromatic heterocycles. The molecule has 0 amide bonds. The molecular formula is C12H23N3O6S. The fourth-order valence-corrected chi connectivity index (χ4v) is 2.20. The fraction of sp³-hybridized carbons (Fsp3) is 0.667. The lowest BCUT2D eigenvalue weighted by Gasteiger charge is -2.27. The molecule has 1 aromatic rings. The van der Waals surface area contributed by atoms with Crippen LogP contribution in [0.3, 0.4) is 0 Å². The van der Waals surface area contributed by atoms with E-state index in [9.17, 15) is 9.59 Å². The van der Waals surface area contributed by atoms with E-state index in [0.29, 0.717) is 12.8 Å². The van der Waals surface area contributed by atoms with Crippen LogP contribution in [0, 0.1) is 0 Å². The quantitative estimate of drug-likeness (QED) is 0.592. The summed E-state index contributed by atoms with van der Waals surface area (Å²) >= 11 is 0. The Morgan fingerprint density at radius 3 is 2.73 bits per heavy atom. The van der Waals surface area contributed by atoms with Crippen molar-refractivity contribution < 1.29 is 18.7 Å². The molecule has 0 spiro atoms. The third kappa shape index (κ3) is 5.91. The van der Waals surface area contributed by atoms with Crippen molar-refractivity contribution in [2.24, 2.45) is 0 Å². The predicted octanol–water partition coefficient (Wildman–Crippen LogP) is 1.06. The van der Waals surface area contributed by atoms with E-state index in [1.54, 1.807) is 0 Å². The van der Waals surface area contributed by atoms with E-state index in [2.05, 4.69) is 9.87 Å². The second-order valence-corrected chi connectivity index (χ2v) is 6.37. The molecule has 128 valence electrons. The lowest BCUT2D eigenvalue weighted by Crippen LogP contribution is -2.32. The van der Waals surface area contributed by atoms with E-state index in [1.807, 2.05) is 13.8 Å². The largest absolute Gasteiger partial charge is 0.352 e. The molecule has 1 fully saturated rings. The molecule has 0 aliphatic carbocycles. The van der Waals surface area contributed by atoms with Gasteiger partial charge in [0.1, 0.15) is 6.23 Å². The van der Waals surface area contributed by atoms with Crippen LogP contribution in [0.25, 0.3) is 0 Å². The van der Waals surface area contributed by atoms with Gasteiger partial charge in [-0.2, -0.15) is 0 Å². The SMILES string of the molecule is CC.CS(O)(O)NOCC1CCC(n2ccc(=O)[nH]c2=O)O1. The first-order chi connectivity index (χ1) is 10.3. The zero-order valence-corrected chi connectivity index (χ0v) is 13.6. The van der Waals surface area contributed by atoms with Gasteiger partial charge in [-0.15, -0.1) is 10.8 Å². The van der Waals surface area contributed by atoms with Crippen LogP contribution >= 0.6 is 10.8 Å². The van der Waals surface area contributed by atoms with Gasteiger partial charge in [0.2, 0.25) is 0 Å². The number of aromatic amines is 1. The van der Waals surface area contributed by atoms with Crippen molar-refractivity contribution in [3.63, 3.8) is 0 Å². The summed E-state index contributed by atoms with van der Waals surface area (Å²) < 4.78 is 25.0. The van der Waals surface area contributed by atoms with Gasteiger partial charge >= 0.3 is 5.69 Å². The van der Waals surface area contributed by atoms with Crippen LogP contribution in [0.1, 0.15) is 32.9 Å². The number of H-pyrrole nitrogens is 1. The van der Waals surface area contributed by atoms with Crippen molar-refractivity contribution >= 4 is 10.8 Å². The normalized spacial score (nSPS) is 22.0. The fourth-order valence-electron chi connectivity index (χ4n) is 1.91. The summed E-state index contributed by atoms with van der Waals surface area (Å²) in [6.45, 7) is 4.12. The van der Waals surface area contributed by atoms with Crippen molar-refractivity contribution in [2.45, 2.75) is 39.0 Å². The minimum atomic E-state index is -2.92. The maximum absolute atomic E-state index is 11.6. The molecule has 2 rings (SSSR count). The van der Waals surface area contributed by atoms with E-state index in [1.165, 1.54) is 23.1 Å².